The van der Waals surface area contributed by atoms with Crippen LogP contribution in [-0.2, 0) is 42.7 Å². The van der Waals surface area contributed by atoms with Crippen LogP contribution < -0.4 is 0 Å². The number of rotatable bonds is 14. The van der Waals surface area contributed by atoms with Gasteiger partial charge in [0.15, 0.2) is 6.29 Å². The lowest BCUT2D eigenvalue weighted by molar-refractivity contribution is -0.330. The molecule has 23 heteroatoms. The molecule has 5 aliphatic heterocycles. The summed E-state index contributed by atoms with van der Waals surface area (Å²) in [6.07, 6.45) is -24.0. The van der Waals surface area contributed by atoms with E-state index in [1.165, 1.54) is 0 Å². The molecule has 5 heterocycles. The molecule has 14 unspecified atom stereocenters. The first-order valence-corrected chi connectivity index (χ1v) is 26.1. The Balaban J connectivity index is 1.02. The summed E-state index contributed by atoms with van der Waals surface area (Å²) in [7, 11) is 0. The van der Waals surface area contributed by atoms with Crippen LogP contribution in [0.15, 0.2) is 12.2 Å². The minimum atomic E-state index is -1.82. The Morgan fingerprint density at radius 2 is 1.21 bits per heavy atom. The average Bonchev–Trinajstić information content (AvgIpc) is 3.68. The first-order valence-electron chi connectivity index (χ1n) is 26.1. The van der Waals surface area contributed by atoms with Crippen LogP contribution in [-0.4, -0.2) is 245 Å². The molecule has 0 amide bonds. The lowest BCUT2D eigenvalue weighted by atomic mass is 9.41. The van der Waals surface area contributed by atoms with E-state index in [-0.39, 0.29) is 30.3 Å². The largest absolute Gasteiger partial charge is 0.432 e. The van der Waals surface area contributed by atoms with Crippen molar-refractivity contribution in [2.75, 3.05) is 39.6 Å². The second-order valence-corrected chi connectivity index (χ2v) is 23.3. The van der Waals surface area contributed by atoms with Crippen LogP contribution in [0.2, 0.25) is 0 Å². The second-order valence-electron chi connectivity index (χ2n) is 23.3. The predicted octanol–water partition coefficient (Wildman–Crippen LogP) is -3.76. The molecule has 420 valence electrons. The summed E-state index contributed by atoms with van der Waals surface area (Å²) in [6.45, 7) is 9.68. The summed E-state index contributed by atoms with van der Waals surface area (Å²) < 4.78 is 48.9. The summed E-state index contributed by atoms with van der Waals surface area (Å²) in [5.41, 5.74) is -2.22. The molecule has 0 aromatic rings. The molecule has 0 aromatic heterocycles. The van der Waals surface area contributed by atoms with Crippen LogP contribution in [0.5, 0.6) is 0 Å². The van der Waals surface area contributed by atoms with Gasteiger partial charge in [0.05, 0.1) is 63.9 Å². The van der Waals surface area contributed by atoms with Crippen LogP contribution in [0.3, 0.4) is 0 Å². The Bertz CT molecular complexity index is 1890. The Hall–Kier alpha value is -1.63. The lowest BCUT2D eigenvalue weighted by Crippen LogP contribution is -2.69. The molecular formula is C50H82O23. The van der Waals surface area contributed by atoms with Crippen molar-refractivity contribution in [2.45, 2.75) is 214 Å². The highest BCUT2D eigenvalue weighted by Crippen LogP contribution is 2.70. The molecule has 14 N–H and O–H groups in total. The van der Waals surface area contributed by atoms with Gasteiger partial charge in [-0.2, -0.15) is 0 Å². The molecule has 23 nitrogen and oxygen atoms in total. The fourth-order valence-electron chi connectivity index (χ4n) is 14.8. The van der Waals surface area contributed by atoms with Gasteiger partial charge >= 0.3 is 5.97 Å². The van der Waals surface area contributed by atoms with Crippen molar-refractivity contribution in [3.8, 4) is 0 Å². The molecule has 28 atom stereocenters. The Morgan fingerprint density at radius 1 is 0.630 bits per heavy atom. The molecule has 5 saturated heterocycles. The molecule has 9 rings (SSSR count). The number of carbonyl (C=O) groups is 1. The number of fused-ring (bicyclic) bond motifs is 6. The molecule has 0 aromatic carbocycles. The normalized spacial score (nSPS) is 53.4. The molecule has 73 heavy (non-hydrogen) atoms. The Kier molecular flexibility index (Phi) is 17.5. The van der Waals surface area contributed by atoms with E-state index >= 15 is 0 Å². The van der Waals surface area contributed by atoms with E-state index < -0.39 is 190 Å². The van der Waals surface area contributed by atoms with Crippen molar-refractivity contribution in [3.63, 3.8) is 0 Å². The molecule has 0 spiro atoms. The Labute approximate surface area is 424 Å². The van der Waals surface area contributed by atoms with Gasteiger partial charge in [-0.25, -0.2) is 0 Å². The third kappa shape index (κ3) is 10.00. The zero-order chi connectivity index (χ0) is 53.3. The van der Waals surface area contributed by atoms with Gasteiger partial charge in [-0.1, -0.05) is 40.7 Å². The van der Waals surface area contributed by atoms with Crippen molar-refractivity contribution < 1.29 is 114 Å². The first-order chi connectivity index (χ1) is 34.4. The third-order valence-corrected chi connectivity index (χ3v) is 19.3. The van der Waals surface area contributed by atoms with Gasteiger partial charge < -0.3 is 109 Å². The number of hydrogen-bond acceptors (Lipinski definition) is 23. The molecular weight excluding hydrogens is 969 g/mol. The monoisotopic (exact) mass is 1050 g/mol. The van der Waals surface area contributed by atoms with Crippen molar-refractivity contribution in [2.24, 2.45) is 39.9 Å². The average molecular weight is 1050 g/mol. The standard InChI is InChI=1S/C50H82O23/c1-21-7-6-10-48(4)30-9-8-24(22(2)13-47(30,3)11-12-49(48,5)32(21)44(65)73-46-41(63)39(61)35(57)27(17-53)71-46)66-19-29-42(72-45-40(62)38(60)34(56)26(16-52)70-45)23-14-50(43(23)64,31(18-54)69-29)67-20-28-36(58)37(59)33(55)25(15-51)68-28/h21,23-43,45-46,51-64H,2,6-20H2,1,3-5H3/t21-,23?,24-,25?,26?,27?,28-,29-,30+,31?,32-,33+,34+,35+,36?,37?,38?,39?,40?,41?,42?,43-,45-,46-,47+,48-,49?,50?/m0/s1. The molecule has 0 radical (unpaired) electrons. The van der Waals surface area contributed by atoms with Crippen molar-refractivity contribution in [3.05, 3.63) is 12.2 Å². The van der Waals surface area contributed by atoms with Crippen LogP contribution in [0, 0.1) is 39.9 Å². The van der Waals surface area contributed by atoms with E-state index in [1.807, 2.05) is 6.92 Å². The highest BCUT2D eigenvalue weighted by atomic mass is 16.7. The van der Waals surface area contributed by atoms with E-state index in [0.717, 1.165) is 31.3 Å². The lowest BCUT2D eigenvalue weighted by Gasteiger charge is -2.63. The number of carbonyl (C=O) groups excluding carboxylic acids is 1. The number of esters is 1. The van der Waals surface area contributed by atoms with E-state index in [0.29, 0.717) is 25.7 Å². The van der Waals surface area contributed by atoms with Crippen molar-refractivity contribution in [1.29, 1.82) is 0 Å². The maximum Gasteiger partial charge on any atom is 0.312 e. The maximum absolute atomic E-state index is 14.5. The number of aliphatic hydroxyl groups is 14. The van der Waals surface area contributed by atoms with Gasteiger partial charge in [-0.15, -0.1) is 0 Å². The van der Waals surface area contributed by atoms with Crippen LogP contribution in [0.1, 0.15) is 85.5 Å². The summed E-state index contributed by atoms with van der Waals surface area (Å²) in [6, 6.07) is 0. The number of ether oxygens (including phenoxy) is 8. The molecule has 9 aliphatic rings. The van der Waals surface area contributed by atoms with Gasteiger partial charge in [0.1, 0.15) is 97.2 Å². The summed E-state index contributed by atoms with van der Waals surface area (Å²) in [4.78, 5) is 14.5. The smallest absolute Gasteiger partial charge is 0.312 e. The first kappa shape index (κ1) is 57.5. The number of hydrogen-bond donors (Lipinski definition) is 14. The van der Waals surface area contributed by atoms with Gasteiger partial charge in [0.2, 0.25) is 6.29 Å². The van der Waals surface area contributed by atoms with Crippen LogP contribution >= 0.6 is 0 Å². The quantitative estimate of drug-likeness (QED) is 0.0587. The summed E-state index contributed by atoms with van der Waals surface area (Å²) >= 11 is 0. The molecule has 2 bridgehead atoms. The zero-order valence-corrected chi connectivity index (χ0v) is 42.1. The van der Waals surface area contributed by atoms with E-state index in [4.69, 9.17) is 37.9 Å². The molecule has 9 fully saturated rings. The van der Waals surface area contributed by atoms with E-state index in [2.05, 4.69) is 27.4 Å². The zero-order valence-electron chi connectivity index (χ0n) is 42.1. The van der Waals surface area contributed by atoms with Gasteiger partial charge in [-0.05, 0) is 85.0 Å². The SMILES string of the molecule is C=C1C[C@@]2(C)CCC3(C)[C@H](C(=O)O[C@@H]4OC(CO)[C@@H](O)C(O)C4O)[C@@H](C)CCC[C@@]3(C)[C@@H]2CC[C@@H]1OC[C@@H]1OC(CO)C2(OC[C@@H]3OC(CO)[C@@H](O)C(O)C3O)CC(C1O[C@@H]1OC(CO)[C@@H](O)C(O)C1O)[C@@H]2O. The highest BCUT2D eigenvalue weighted by molar-refractivity contribution is 5.74. The van der Waals surface area contributed by atoms with Crippen molar-refractivity contribution in [1.82, 2.24) is 0 Å². The minimum Gasteiger partial charge on any atom is -0.432 e. The fraction of sp³-hybridized carbons (Fsp3) is 0.940. The fourth-order valence-corrected chi connectivity index (χ4v) is 14.8. The summed E-state index contributed by atoms with van der Waals surface area (Å²) in [5.74, 6) is -2.21. The highest BCUT2D eigenvalue weighted by Gasteiger charge is 2.68. The topological polar surface area (TPSA) is 374 Å². The van der Waals surface area contributed by atoms with E-state index in [1.54, 1.807) is 0 Å². The summed E-state index contributed by atoms with van der Waals surface area (Å²) in [5, 5.41) is 148. The third-order valence-electron chi connectivity index (χ3n) is 19.3. The molecule has 4 saturated carbocycles. The van der Waals surface area contributed by atoms with E-state index in [9.17, 15) is 76.3 Å². The van der Waals surface area contributed by atoms with Gasteiger partial charge in [0.25, 0.3) is 0 Å². The minimum absolute atomic E-state index is 0.0372. The van der Waals surface area contributed by atoms with Gasteiger partial charge in [-0.3, -0.25) is 4.79 Å². The molecule has 4 aliphatic carbocycles. The number of aliphatic hydroxyl groups excluding tert-OH is 14. The van der Waals surface area contributed by atoms with Crippen LogP contribution in [0.4, 0.5) is 0 Å². The second kappa shape index (κ2) is 22.2. The van der Waals surface area contributed by atoms with Crippen molar-refractivity contribution >= 4 is 5.97 Å². The predicted molar refractivity (Wildman–Crippen MR) is 247 cm³/mol. The van der Waals surface area contributed by atoms with Crippen LogP contribution in [0.25, 0.3) is 0 Å². The maximum atomic E-state index is 14.5. The van der Waals surface area contributed by atoms with Gasteiger partial charge in [0, 0.05) is 5.92 Å². The Morgan fingerprint density at radius 3 is 1.81 bits per heavy atom.